The molecule has 0 saturated carbocycles. The van der Waals surface area contributed by atoms with Crippen LogP contribution in [-0.4, -0.2) is 21.9 Å². The number of aromatic nitrogens is 2. The van der Waals surface area contributed by atoms with Crippen LogP contribution in [0.1, 0.15) is 19.8 Å². The summed E-state index contributed by atoms with van der Waals surface area (Å²) < 4.78 is 0. The van der Waals surface area contributed by atoms with E-state index in [1.807, 2.05) is 31.2 Å². The fourth-order valence-electron chi connectivity index (χ4n) is 1.63. The van der Waals surface area contributed by atoms with E-state index in [0.29, 0.717) is 0 Å². The highest BCUT2D eigenvalue weighted by molar-refractivity contribution is 6.20. The highest BCUT2D eigenvalue weighted by Crippen LogP contribution is 2.13. The average Bonchev–Trinajstić information content (AvgIpc) is 2.66. The number of hydrogen-bond acceptors (Lipinski definition) is 2. The van der Waals surface area contributed by atoms with Crippen molar-refractivity contribution in [2.45, 2.75) is 25.1 Å². The number of para-hydroxylation sites is 2. The van der Waals surface area contributed by atoms with E-state index in [-0.39, 0.29) is 5.38 Å². The molecule has 1 unspecified atom stereocenters. The molecule has 1 atom stereocenters. The first-order valence-corrected chi connectivity index (χ1v) is 6.02. The number of rotatable bonds is 5. The number of hydrogen-bond donors (Lipinski definition) is 2. The summed E-state index contributed by atoms with van der Waals surface area (Å²) in [4.78, 5) is 7.66. The third kappa shape index (κ3) is 2.89. The van der Waals surface area contributed by atoms with Crippen LogP contribution in [0.25, 0.3) is 11.0 Å². The van der Waals surface area contributed by atoms with Crippen LogP contribution >= 0.6 is 11.6 Å². The van der Waals surface area contributed by atoms with Gasteiger partial charge in [0.2, 0.25) is 5.95 Å². The minimum Gasteiger partial charge on any atom is -0.356 e. The number of fused-ring (bicyclic) bond motifs is 1. The molecule has 86 valence electrons. The molecule has 0 aliphatic heterocycles. The van der Waals surface area contributed by atoms with E-state index >= 15 is 0 Å². The minimum absolute atomic E-state index is 0.248. The maximum atomic E-state index is 5.87. The molecule has 2 N–H and O–H groups in total. The predicted molar refractivity (Wildman–Crippen MR) is 69.1 cm³/mol. The molecular formula is C12H16ClN3. The van der Waals surface area contributed by atoms with Gasteiger partial charge in [0, 0.05) is 11.9 Å². The normalized spacial score (nSPS) is 12.9. The number of H-pyrrole nitrogens is 1. The summed E-state index contributed by atoms with van der Waals surface area (Å²) in [5.74, 6) is 0.837. The Morgan fingerprint density at radius 1 is 1.44 bits per heavy atom. The summed E-state index contributed by atoms with van der Waals surface area (Å²) in [5, 5.41) is 3.51. The molecule has 0 radical (unpaired) electrons. The molecule has 0 aliphatic rings. The van der Waals surface area contributed by atoms with Crippen LogP contribution in [-0.2, 0) is 0 Å². The first kappa shape index (κ1) is 11.3. The van der Waals surface area contributed by atoms with Gasteiger partial charge in [-0.05, 0) is 31.9 Å². The standard InChI is InChI=1S/C12H16ClN3/c1-9(13)5-4-8-14-12-15-10-6-2-3-7-11(10)16-12/h2-3,6-7,9H,4-5,8H2,1H3,(H2,14,15,16). The van der Waals surface area contributed by atoms with Gasteiger partial charge >= 0.3 is 0 Å². The van der Waals surface area contributed by atoms with Crippen molar-refractivity contribution in [1.29, 1.82) is 0 Å². The Bertz CT molecular complexity index is 417. The first-order chi connectivity index (χ1) is 7.75. The van der Waals surface area contributed by atoms with Gasteiger partial charge in [0.25, 0.3) is 0 Å². The zero-order chi connectivity index (χ0) is 11.4. The van der Waals surface area contributed by atoms with E-state index in [4.69, 9.17) is 11.6 Å². The Labute approximate surface area is 100 Å². The van der Waals surface area contributed by atoms with E-state index in [0.717, 1.165) is 36.4 Å². The molecule has 1 aromatic carbocycles. The Morgan fingerprint density at radius 2 is 2.25 bits per heavy atom. The largest absolute Gasteiger partial charge is 0.356 e. The lowest BCUT2D eigenvalue weighted by Crippen LogP contribution is -2.04. The zero-order valence-corrected chi connectivity index (χ0v) is 10.1. The molecule has 0 bridgehead atoms. The number of halogens is 1. The lowest BCUT2D eigenvalue weighted by atomic mass is 10.2. The topological polar surface area (TPSA) is 40.7 Å². The van der Waals surface area contributed by atoms with E-state index in [9.17, 15) is 0 Å². The third-order valence-electron chi connectivity index (χ3n) is 2.46. The molecule has 0 amide bonds. The van der Waals surface area contributed by atoms with Crippen molar-refractivity contribution in [2.75, 3.05) is 11.9 Å². The number of anilines is 1. The highest BCUT2D eigenvalue weighted by atomic mass is 35.5. The fourth-order valence-corrected chi connectivity index (χ4v) is 1.78. The summed E-state index contributed by atoms with van der Waals surface area (Å²) in [6.45, 7) is 2.92. The molecule has 1 heterocycles. The number of alkyl halides is 1. The van der Waals surface area contributed by atoms with Crippen molar-refractivity contribution in [3.05, 3.63) is 24.3 Å². The third-order valence-corrected chi connectivity index (χ3v) is 2.68. The van der Waals surface area contributed by atoms with Gasteiger partial charge in [-0.1, -0.05) is 12.1 Å². The molecule has 1 aromatic heterocycles. The van der Waals surface area contributed by atoms with Crippen LogP contribution in [0.3, 0.4) is 0 Å². The van der Waals surface area contributed by atoms with Crippen LogP contribution in [0.4, 0.5) is 5.95 Å². The number of nitrogens with zero attached hydrogens (tertiary/aromatic N) is 1. The second-order valence-electron chi connectivity index (χ2n) is 3.95. The van der Waals surface area contributed by atoms with Gasteiger partial charge in [0.05, 0.1) is 11.0 Å². The summed E-state index contributed by atoms with van der Waals surface area (Å²) in [6.07, 6.45) is 2.08. The Balaban J connectivity index is 1.89. The molecule has 0 aliphatic carbocycles. The molecule has 16 heavy (non-hydrogen) atoms. The second kappa shape index (κ2) is 5.21. The van der Waals surface area contributed by atoms with Crippen molar-refractivity contribution in [3.63, 3.8) is 0 Å². The van der Waals surface area contributed by atoms with E-state index in [1.54, 1.807) is 0 Å². The van der Waals surface area contributed by atoms with E-state index < -0.39 is 0 Å². The summed E-state index contributed by atoms with van der Waals surface area (Å²) in [5.41, 5.74) is 2.06. The van der Waals surface area contributed by atoms with Gasteiger partial charge in [0.1, 0.15) is 0 Å². The molecular weight excluding hydrogens is 222 g/mol. The first-order valence-electron chi connectivity index (χ1n) is 5.58. The lowest BCUT2D eigenvalue weighted by Gasteiger charge is -2.03. The van der Waals surface area contributed by atoms with E-state index in [2.05, 4.69) is 15.3 Å². The Hall–Kier alpha value is -1.22. The smallest absolute Gasteiger partial charge is 0.201 e. The summed E-state index contributed by atoms with van der Waals surface area (Å²) in [7, 11) is 0. The molecule has 3 nitrogen and oxygen atoms in total. The van der Waals surface area contributed by atoms with Crippen molar-refractivity contribution in [1.82, 2.24) is 9.97 Å². The van der Waals surface area contributed by atoms with Crippen molar-refractivity contribution < 1.29 is 0 Å². The van der Waals surface area contributed by atoms with Crippen LogP contribution < -0.4 is 5.32 Å². The monoisotopic (exact) mass is 237 g/mol. The summed E-state index contributed by atoms with van der Waals surface area (Å²) in [6, 6.07) is 8.01. The Kier molecular flexibility index (Phi) is 3.67. The van der Waals surface area contributed by atoms with Gasteiger partial charge in [-0.15, -0.1) is 11.6 Å². The number of nitrogens with one attached hydrogen (secondary N) is 2. The molecule has 2 rings (SSSR count). The fraction of sp³-hybridized carbons (Fsp3) is 0.417. The SMILES string of the molecule is CC(Cl)CCCNc1nc2ccccc2[nH]1. The van der Waals surface area contributed by atoms with Gasteiger partial charge in [-0.3, -0.25) is 0 Å². The van der Waals surface area contributed by atoms with Crippen LogP contribution in [0.5, 0.6) is 0 Å². The number of benzene rings is 1. The number of aromatic amines is 1. The summed E-state index contributed by atoms with van der Waals surface area (Å²) >= 11 is 5.87. The highest BCUT2D eigenvalue weighted by Gasteiger charge is 2.01. The van der Waals surface area contributed by atoms with Crippen molar-refractivity contribution in [2.24, 2.45) is 0 Å². The maximum Gasteiger partial charge on any atom is 0.201 e. The lowest BCUT2D eigenvalue weighted by molar-refractivity contribution is 0.748. The van der Waals surface area contributed by atoms with Crippen LogP contribution in [0.15, 0.2) is 24.3 Å². The van der Waals surface area contributed by atoms with Gasteiger partial charge in [0.15, 0.2) is 0 Å². The number of imidazole rings is 1. The zero-order valence-electron chi connectivity index (χ0n) is 9.33. The van der Waals surface area contributed by atoms with E-state index in [1.165, 1.54) is 0 Å². The van der Waals surface area contributed by atoms with Gasteiger partial charge in [-0.2, -0.15) is 0 Å². The quantitative estimate of drug-likeness (QED) is 0.618. The minimum atomic E-state index is 0.248. The second-order valence-corrected chi connectivity index (χ2v) is 4.70. The molecule has 0 spiro atoms. The average molecular weight is 238 g/mol. The Morgan fingerprint density at radius 3 is 3.00 bits per heavy atom. The van der Waals surface area contributed by atoms with Crippen LogP contribution in [0.2, 0.25) is 0 Å². The maximum absolute atomic E-state index is 5.87. The van der Waals surface area contributed by atoms with Crippen molar-refractivity contribution >= 4 is 28.6 Å². The molecule has 4 heteroatoms. The molecule has 0 fully saturated rings. The molecule has 0 saturated heterocycles. The van der Waals surface area contributed by atoms with Gasteiger partial charge in [-0.25, -0.2) is 4.98 Å². The van der Waals surface area contributed by atoms with Gasteiger partial charge < -0.3 is 10.3 Å². The van der Waals surface area contributed by atoms with Crippen molar-refractivity contribution in [3.8, 4) is 0 Å². The van der Waals surface area contributed by atoms with Crippen LogP contribution in [0, 0.1) is 0 Å². The molecule has 2 aromatic rings. The predicted octanol–water partition coefficient (Wildman–Crippen LogP) is 3.38.